The van der Waals surface area contributed by atoms with Gasteiger partial charge in [0.25, 0.3) is 0 Å². The first-order chi connectivity index (χ1) is 16.0. The molecular formula is C24H31N7O2S. The monoisotopic (exact) mass is 481 g/mol. The van der Waals surface area contributed by atoms with Crippen LogP contribution < -0.4 is 9.62 Å². The minimum absolute atomic E-state index is 0.0648. The molecule has 0 spiro atoms. The molecule has 1 N–H and O–H groups in total. The van der Waals surface area contributed by atoms with Crippen molar-refractivity contribution in [1.29, 1.82) is 5.26 Å². The third-order valence-electron chi connectivity index (χ3n) is 5.75. The third kappa shape index (κ3) is 5.85. The van der Waals surface area contributed by atoms with Gasteiger partial charge in [-0.15, -0.1) is 0 Å². The summed E-state index contributed by atoms with van der Waals surface area (Å²) in [6, 6.07) is 11.7. The van der Waals surface area contributed by atoms with Crippen molar-refractivity contribution in [2.45, 2.75) is 33.9 Å². The molecule has 1 fully saturated rings. The Bertz CT molecular complexity index is 1310. The van der Waals surface area contributed by atoms with Crippen LogP contribution in [0.15, 0.2) is 36.5 Å². The fourth-order valence-corrected chi connectivity index (χ4v) is 4.84. The lowest BCUT2D eigenvalue weighted by Gasteiger charge is -2.36. The predicted octanol–water partition coefficient (Wildman–Crippen LogP) is 3.04. The quantitative estimate of drug-likeness (QED) is 0.577. The zero-order chi connectivity index (χ0) is 24.5. The SMILES string of the molecule is CC(C)(C)Cn1c(CN2CCN(c3ccc(NS(C)(=O)=O)cc3)CC2)cc2cnc(C#N)nc21. The van der Waals surface area contributed by atoms with Crippen LogP contribution in [0.3, 0.4) is 0 Å². The van der Waals surface area contributed by atoms with Crippen molar-refractivity contribution < 1.29 is 8.42 Å². The van der Waals surface area contributed by atoms with Gasteiger partial charge in [0.05, 0.1) is 6.26 Å². The zero-order valence-electron chi connectivity index (χ0n) is 20.1. The van der Waals surface area contributed by atoms with Crippen molar-refractivity contribution in [3.05, 3.63) is 48.0 Å². The number of aromatic nitrogens is 3. The number of nitrogens with one attached hydrogen (secondary N) is 1. The van der Waals surface area contributed by atoms with Crippen LogP contribution >= 0.6 is 0 Å². The Balaban J connectivity index is 1.46. The van der Waals surface area contributed by atoms with E-state index in [0.29, 0.717) is 5.69 Å². The summed E-state index contributed by atoms with van der Waals surface area (Å²) in [6.45, 7) is 11.8. The molecule has 0 radical (unpaired) electrons. The number of anilines is 2. The third-order valence-corrected chi connectivity index (χ3v) is 6.35. The number of piperazine rings is 1. The molecule has 0 amide bonds. The minimum Gasteiger partial charge on any atom is -0.369 e. The average Bonchev–Trinajstić information content (AvgIpc) is 3.08. The molecule has 2 aromatic heterocycles. The van der Waals surface area contributed by atoms with Crippen molar-refractivity contribution in [2.24, 2.45) is 5.41 Å². The van der Waals surface area contributed by atoms with Crippen molar-refractivity contribution in [3.63, 3.8) is 0 Å². The second-order valence-electron chi connectivity index (χ2n) is 10.1. The normalized spacial score (nSPS) is 15.4. The van der Waals surface area contributed by atoms with Crippen molar-refractivity contribution in [3.8, 4) is 6.07 Å². The van der Waals surface area contributed by atoms with Gasteiger partial charge in [0.15, 0.2) is 0 Å². The van der Waals surface area contributed by atoms with E-state index in [4.69, 9.17) is 0 Å². The van der Waals surface area contributed by atoms with Crippen LogP contribution in [0.4, 0.5) is 11.4 Å². The number of nitrogens with zero attached hydrogens (tertiary/aromatic N) is 6. The molecule has 10 heteroatoms. The molecule has 3 aromatic rings. The zero-order valence-corrected chi connectivity index (χ0v) is 20.9. The fraction of sp³-hybridized carbons (Fsp3) is 0.458. The van der Waals surface area contributed by atoms with Crippen LogP contribution in [-0.2, 0) is 23.1 Å². The number of nitriles is 1. The van der Waals surface area contributed by atoms with E-state index in [1.807, 2.05) is 18.2 Å². The van der Waals surface area contributed by atoms with Gasteiger partial charge >= 0.3 is 0 Å². The van der Waals surface area contributed by atoms with E-state index in [1.54, 1.807) is 18.3 Å². The minimum atomic E-state index is -3.28. The molecule has 4 rings (SSSR count). The maximum atomic E-state index is 11.4. The Labute approximate surface area is 201 Å². The van der Waals surface area contributed by atoms with E-state index in [-0.39, 0.29) is 11.2 Å². The molecule has 0 bridgehead atoms. The molecule has 1 saturated heterocycles. The summed E-state index contributed by atoms with van der Waals surface area (Å²) < 4.78 is 27.6. The summed E-state index contributed by atoms with van der Waals surface area (Å²) in [7, 11) is -3.28. The maximum Gasteiger partial charge on any atom is 0.234 e. The van der Waals surface area contributed by atoms with Gasteiger partial charge in [-0.3, -0.25) is 9.62 Å². The van der Waals surface area contributed by atoms with E-state index in [2.05, 4.69) is 55.9 Å². The largest absolute Gasteiger partial charge is 0.369 e. The smallest absolute Gasteiger partial charge is 0.234 e. The lowest BCUT2D eigenvalue weighted by atomic mass is 9.97. The fourth-order valence-electron chi connectivity index (χ4n) is 4.28. The van der Waals surface area contributed by atoms with Crippen LogP contribution in [0.25, 0.3) is 11.0 Å². The van der Waals surface area contributed by atoms with Crippen LogP contribution in [0.2, 0.25) is 0 Å². The number of hydrogen-bond acceptors (Lipinski definition) is 7. The summed E-state index contributed by atoms with van der Waals surface area (Å²) >= 11 is 0. The maximum absolute atomic E-state index is 11.4. The van der Waals surface area contributed by atoms with Crippen LogP contribution in [0.5, 0.6) is 0 Å². The topological polar surface area (TPSA) is 107 Å². The highest BCUT2D eigenvalue weighted by atomic mass is 32.2. The Morgan fingerprint density at radius 1 is 1.12 bits per heavy atom. The lowest BCUT2D eigenvalue weighted by molar-refractivity contribution is 0.239. The average molecular weight is 482 g/mol. The molecule has 1 aromatic carbocycles. The van der Waals surface area contributed by atoms with E-state index in [1.165, 1.54) is 5.69 Å². The second-order valence-corrected chi connectivity index (χ2v) is 11.8. The summed E-state index contributed by atoms with van der Waals surface area (Å²) in [5, 5.41) is 10.2. The summed E-state index contributed by atoms with van der Waals surface area (Å²) in [6.07, 6.45) is 2.89. The number of sulfonamides is 1. The summed E-state index contributed by atoms with van der Waals surface area (Å²) in [4.78, 5) is 13.4. The Morgan fingerprint density at radius 2 is 1.79 bits per heavy atom. The van der Waals surface area contributed by atoms with Crippen LogP contribution in [-0.4, -0.2) is 60.3 Å². The highest BCUT2D eigenvalue weighted by molar-refractivity contribution is 7.92. The molecule has 0 saturated carbocycles. The molecule has 180 valence electrons. The molecule has 9 nitrogen and oxygen atoms in total. The highest BCUT2D eigenvalue weighted by Crippen LogP contribution is 2.26. The highest BCUT2D eigenvalue weighted by Gasteiger charge is 2.22. The first kappa shape index (κ1) is 24.0. The Morgan fingerprint density at radius 3 is 2.38 bits per heavy atom. The van der Waals surface area contributed by atoms with Gasteiger partial charge in [0, 0.05) is 67.9 Å². The number of rotatable bonds is 6. The molecule has 0 unspecified atom stereocenters. The number of benzene rings is 1. The lowest BCUT2D eigenvalue weighted by Crippen LogP contribution is -2.46. The van der Waals surface area contributed by atoms with Crippen LogP contribution in [0, 0.1) is 16.7 Å². The van der Waals surface area contributed by atoms with Gasteiger partial charge in [-0.25, -0.2) is 18.4 Å². The van der Waals surface area contributed by atoms with Gasteiger partial charge in [-0.05, 0) is 35.7 Å². The molecule has 0 atom stereocenters. The van der Waals surface area contributed by atoms with Gasteiger partial charge in [-0.1, -0.05) is 20.8 Å². The second kappa shape index (κ2) is 9.24. The molecule has 0 aliphatic carbocycles. The first-order valence-corrected chi connectivity index (χ1v) is 13.2. The van der Waals surface area contributed by atoms with Crippen molar-refractivity contribution in [2.75, 3.05) is 42.1 Å². The van der Waals surface area contributed by atoms with E-state index in [0.717, 1.165) is 62.2 Å². The number of fused-ring (bicyclic) bond motifs is 1. The summed E-state index contributed by atoms with van der Waals surface area (Å²) in [5.74, 6) is 0.193. The first-order valence-electron chi connectivity index (χ1n) is 11.3. The van der Waals surface area contributed by atoms with Gasteiger partial charge < -0.3 is 9.47 Å². The van der Waals surface area contributed by atoms with Crippen molar-refractivity contribution >= 4 is 32.4 Å². The molecular weight excluding hydrogens is 450 g/mol. The molecule has 1 aliphatic rings. The Kier molecular flexibility index (Phi) is 6.51. The molecule has 1 aliphatic heterocycles. The van der Waals surface area contributed by atoms with E-state index >= 15 is 0 Å². The Hall–Kier alpha value is -3.16. The van der Waals surface area contributed by atoms with Gasteiger partial charge in [0.1, 0.15) is 11.7 Å². The molecule has 3 heterocycles. The van der Waals surface area contributed by atoms with E-state index < -0.39 is 10.0 Å². The van der Waals surface area contributed by atoms with Gasteiger partial charge in [0.2, 0.25) is 15.8 Å². The van der Waals surface area contributed by atoms with E-state index in [9.17, 15) is 13.7 Å². The van der Waals surface area contributed by atoms with Gasteiger partial charge in [-0.2, -0.15) is 5.26 Å². The van der Waals surface area contributed by atoms with Crippen LogP contribution in [0.1, 0.15) is 32.3 Å². The molecule has 34 heavy (non-hydrogen) atoms. The predicted molar refractivity (Wildman–Crippen MR) is 134 cm³/mol. The standard InChI is InChI=1S/C24H31N7O2S/c1-24(2,3)17-31-21(13-18-15-26-22(14-25)27-23(18)31)16-29-9-11-30(12-10-29)20-7-5-19(6-8-20)28-34(4,32)33/h5-8,13,15,28H,9-12,16-17H2,1-4H3. The number of hydrogen-bond donors (Lipinski definition) is 1. The van der Waals surface area contributed by atoms with Crippen molar-refractivity contribution in [1.82, 2.24) is 19.4 Å². The summed E-state index contributed by atoms with van der Waals surface area (Å²) in [5.41, 5.74) is 3.71.